The van der Waals surface area contributed by atoms with Gasteiger partial charge in [0.15, 0.2) is 0 Å². The number of carbonyl (C=O) groups is 2. The summed E-state index contributed by atoms with van der Waals surface area (Å²) in [4.78, 5) is 33.7. The number of likely N-dealkylation sites (N-methyl/N-ethyl adjacent to an activating group) is 1. The van der Waals surface area contributed by atoms with Crippen LogP contribution in [0.3, 0.4) is 0 Å². The molecule has 0 spiro atoms. The molecule has 1 aliphatic heterocycles. The molecule has 148 valence electrons. The van der Waals surface area contributed by atoms with Crippen LogP contribution in [0.15, 0.2) is 36.7 Å². The third kappa shape index (κ3) is 4.48. The van der Waals surface area contributed by atoms with Gasteiger partial charge in [0.1, 0.15) is 5.75 Å². The molecule has 1 N–H and O–H groups in total. The highest BCUT2D eigenvalue weighted by molar-refractivity contribution is 6.06. The Labute approximate surface area is 165 Å². The fraction of sp³-hybridized carbons (Fsp3) is 0.381. The minimum absolute atomic E-state index is 0.0916. The maximum Gasteiger partial charge on any atom is 0.257 e. The van der Waals surface area contributed by atoms with Crippen molar-refractivity contribution in [2.45, 2.75) is 13.8 Å². The zero-order valence-corrected chi connectivity index (χ0v) is 16.6. The number of amides is 2. The van der Waals surface area contributed by atoms with Crippen LogP contribution in [0.1, 0.15) is 33.2 Å². The molecule has 1 fully saturated rings. The van der Waals surface area contributed by atoms with Crippen LogP contribution in [0, 0.1) is 6.92 Å². The fourth-order valence-corrected chi connectivity index (χ4v) is 3.24. The summed E-state index contributed by atoms with van der Waals surface area (Å²) < 4.78 is 5.30. The molecule has 0 aliphatic carbocycles. The molecular formula is C21H26N4O3. The molecule has 0 atom stereocenters. The van der Waals surface area contributed by atoms with Gasteiger partial charge in [0, 0.05) is 38.6 Å². The van der Waals surface area contributed by atoms with Crippen molar-refractivity contribution in [2.75, 3.05) is 45.2 Å². The lowest BCUT2D eigenvalue weighted by molar-refractivity contribution is 0.0643. The molecule has 2 aromatic rings. The lowest BCUT2D eigenvalue weighted by Crippen LogP contribution is -2.48. The summed E-state index contributed by atoms with van der Waals surface area (Å²) in [6.07, 6.45) is 2.97. The molecule has 0 saturated carbocycles. The maximum absolute atomic E-state index is 12.8. The lowest BCUT2D eigenvalue weighted by Gasteiger charge is -2.34. The largest absolute Gasteiger partial charge is 0.495 e. The Morgan fingerprint density at radius 1 is 1.11 bits per heavy atom. The van der Waals surface area contributed by atoms with Gasteiger partial charge in [-0.1, -0.05) is 13.0 Å². The SMILES string of the molecule is CCN1CCN(C(=O)c2cncc(C(=O)Nc3cc(C)ccc3OC)c2)CC1. The maximum atomic E-state index is 12.8. The highest BCUT2D eigenvalue weighted by Gasteiger charge is 2.22. The Balaban J connectivity index is 1.73. The summed E-state index contributed by atoms with van der Waals surface area (Å²) in [5.74, 6) is 0.154. The minimum atomic E-state index is -0.332. The van der Waals surface area contributed by atoms with Crippen LogP contribution in [-0.2, 0) is 0 Å². The minimum Gasteiger partial charge on any atom is -0.495 e. The molecule has 0 unspecified atom stereocenters. The van der Waals surface area contributed by atoms with Gasteiger partial charge in [0.25, 0.3) is 11.8 Å². The number of piperazine rings is 1. The highest BCUT2D eigenvalue weighted by Crippen LogP contribution is 2.25. The summed E-state index contributed by atoms with van der Waals surface area (Å²) in [7, 11) is 1.56. The molecule has 2 amide bonds. The number of methoxy groups -OCH3 is 1. The number of nitrogens with one attached hydrogen (secondary N) is 1. The average molecular weight is 382 g/mol. The van der Waals surface area contributed by atoms with Crippen molar-refractivity contribution in [1.29, 1.82) is 0 Å². The van der Waals surface area contributed by atoms with Gasteiger partial charge in [-0.05, 0) is 37.2 Å². The number of aromatic nitrogens is 1. The van der Waals surface area contributed by atoms with E-state index < -0.39 is 0 Å². The van der Waals surface area contributed by atoms with Gasteiger partial charge in [-0.25, -0.2) is 0 Å². The number of nitrogens with zero attached hydrogens (tertiary/aromatic N) is 3. The fourth-order valence-electron chi connectivity index (χ4n) is 3.24. The Hall–Kier alpha value is -2.93. The third-order valence-electron chi connectivity index (χ3n) is 4.96. The Morgan fingerprint density at radius 2 is 1.82 bits per heavy atom. The van der Waals surface area contributed by atoms with E-state index >= 15 is 0 Å². The smallest absolute Gasteiger partial charge is 0.257 e. The van der Waals surface area contributed by atoms with E-state index in [0.717, 1.165) is 25.2 Å². The van der Waals surface area contributed by atoms with Crippen LogP contribution in [0.5, 0.6) is 5.75 Å². The van der Waals surface area contributed by atoms with Gasteiger partial charge >= 0.3 is 0 Å². The second-order valence-corrected chi connectivity index (χ2v) is 6.85. The predicted octanol–water partition coefficient (Wildman–Crippen LogP) is 2.43. The van der Waals surface area contributed by atoms with Crippen molar-refractivity contribution in [1.82, 2.24) is 14.8 Å². The van der Waals surface area contributed by atoms with E-state index in [1.807, 2.05) is 24.0 Å². The van der Waals surface area contributed by atoms with Crippen molar-refractivity contribution in [3.63, 3.8) is 0 Å². The zero-order valence-electron chi connectivity index (χ0n) is 16.6. The Kier molecular flexibility index (Phi) is 6.26. The molecule has 0 radical (unpaired) electrons. The van der Waals surface area contributed by atoms with E-state index in [9.17, 15) is 9.59 Å². The lowest BCUT2D eigenvalue weighted by atomic mass is 10.1. The van der Waals surface area contributed by atoms with E-state index in [4.69, 9.17) is 4.74 Å². The summed E-state index contributed by atoms with van der Waals surface area (Å²) >= 11 is 0. The first-order valence-electron chi connectivity index (χ1n) is 9.44. The van der Waals surface area contributed by atoms with Crippen molar-refractivity contribution < 1.29 is 14.3 Å². The van der Waals surface area contributed by atoms with Crippen LogP contribution < -0.4 is 10.1 Å². The van der Waals surface area contributed by atoms with E-state index in [1.54, 1.807) is 19.2 Å². The first-order chi connectivity index (χ1) is 13.5. The summed E-state index contributed by atoms with van der Waals surface area (Å²) in [5, 5.41) is 2.84. The summed E-state index contributed by atoms with van der Waals surface area (Å²) in [6.45, 7) is 8.14. The highest BCUT2D eigenvalue weighted by atomic mass is 16.5. The first-order valence-corrected chi connectivity index (χ1v) is 9.44. The third-order valence-corrected chi connectivity index (χ3v) is 4.96. The van der Waals surface area contributed by atoms with Gasteiger partial charge in [-0.2, -0.15) is 0 Å². The number of hydrogen-bond acceptors (Lipinski definition) is 5. The Morgan fingerprint density at radius 3 is 2.50 bits per heavy atom. The van der Waals surface area contributed by atoms with Gasteiger partial charge in [0.05, 0.1) is 23.9 Å². The number of anilines is 1. The normalized spacial score (nSPS) is 14.6. The van der Waals surface area contributed by atoms with Crippen molar-refractivity contribution in [3.8, 4) is 5.75 Å². The number of benzene rings is 1. The second kappa shape index (κ2) is 8.84. The molecule has 1 aliphatic rings. The zero-order chi connectivity index (χ0) is 20.1. The van der Waals surface area contributed by atoms with Crippen LogP contribution in [0.2, 0.25) is 0 Å². The summed E-state index contributed by atoms with van der Waals surface area (Å²) in [6, 6.07) is 7.15. The molecule has 1 aromatic heterocycles. The number of hydrogen-bond donors (Lipinski definition) is 1. The van der Waals surface area contributed by atoms with E-state index in [-0.39, 0.29) is 11.8 Å². The molecule has 1 saturated heterocycles. The van der Waals surface area contributed by atoms with Crippen LogP contribution in [0.25, 0.3) is 0 Å². The topological polar surface area (TPSA) is 74.8 Å². The molecular weight excluding hydrogens is 356 g/mol. The number of pyridine rings is 1. The van der Waals surface area contributed by atoms with Crippen molar-refractivity contribution in [3.05, 3.63) is 53.3 Å². The molecule has 28 heavy (non-hydrogen) atoms. The second-order valence-electron chi connectivity index (χ2n) is 6.85. The summed E-state index contributed by atoms with van der Waals surface area (Å²) in [5.41, 5.74) is 2.35. The van der Waals surface area contributed by atoms with E-state index in [0.29, 0.717) is 35.7 Å². The van der Waals surface area contributed by atoms with Gasteiger partial charge in [-0.3, -0.25) is 14.6 Å². The average Bonchev–Trinajstić information content (AvgIpc) is 2.73. The first kappa shape index (κ1) is 19.8. The molecule has 0 bridgehead atoms. The predicted molar refractivity (Wildman–Crippen MR) is 108 cm³/mol. The molecule has 1 aromatic carbocycles. The van der Waals surface area contributed by atoms with Crippen molar-refractivity contribution in [2.24, 2.45) is 0 Å². The monoisotopic (exact) mass is 382 g/mol. The van der Waals surface area contributed by atoms with Crippen LogP contribution in [-0.4, -0.2) is 66.4 Å². The molecule has 7 heteroatoms. The van der Waals surface area contributed by atoms with Gasteiger partial charge in [-0.15, -0.1) is 0 Å². The van der Waals surface area contributed by atoms with E-state index in [1.165, 1.54) is 12.4 Å². The Bertz CT molecular complexity index is 860. The number of ether oxygens (including phenoxy) is 1. The molecule has 7 nitrogen and oxygen atoms in total. The van der Waals surface area contributed by atoms with E-state index in [2.05, 4.69) is 22.1 Å². The van der Waals surface area contributed by atoms with Crippen LogP contribution in [0.4, 0.5) is 5.69 Å². The van der Waals surface area contributed by atoms with Crippen molar-refractivity contribution >= 4 is 17.5 Å². The van der Waals surface area contributed by atoms with Crippen LogP contribution >= 0.6 is 0 Å². The number of aryl methyl sites for hydroxylation is 1. The molecule has 2 heterocycles. The molecule has 3 rings (SSSR count). The number of carbonyl (C=O) groups excluding carboxylic acids is 2. The van der Waals surface area contributed by atoms with Gasteiger partial charge in [0.2, 0.25) is 0 Å². The quantitative estimate of drug-likeness (QED) is 0.860. The number of rotatable bonds is 5. The van der Waals surface area contributed by atoms with Gasteiger partial charge < -0.3 is 19.9 Å². The standard InChI is InChI=1S/C21H26N4O3/c1-4-24-7-9-25(10-8-24)21(27)17-12-16(13-22-14-17)20(26)23-18-11-15(2)5-6-19(18)28-3/h5-6,11-14H,4,7-10H2,1-3H3,(H,23,26).